The van der Waals surface area contributed by atoms with Gasteiger partial charge in [-0.3, -0.25) is 0 Å². The van der Waals surface area contributed by atoms with Crippen LogP contribution in [0.15, 0.2) is 0 Å². The molecule has 0 fully saturated rings. The Morgan fingerprint density at radius 1 is 1.53 bits per heavy atom. The fraction of sp³-hybridized carbons (Fsp3) is 0.364. The Morgan fingerprint density at radius 2 is 2.18 bits per heavy atom. The highest BCUT2D eigenvalue weighted by Crippen LogP contribution is 2.29. The summed E-state index contributed by atoms with van der Waals surface area (Å²) in [6.45, 7) is 1.80. The van der Waals surface area contributed by atoms with E-state index in [1.807, 2.05) is 6.07 Å². The van der Waals surface area contributed by atoms with E-state index >= 15 is 0 Å². The first-order valence-corrected chi connectivity index (χ1v) is 4.93. The van der Waals surface area contributed by atoms with Crippen LogP contribution in [0.4, 0.5) is 0 Å². The number of nitrogens with zero attached hydrogens (tertiary/aromatic N) is 3. The Bertz CT molecular complexity index is 532. The van der Waals surface area contributed by atoms with Crippen molar-refractivity contribution in [3.63, 3.8) is 0 Å². The molecule has 1 N–H and O–H groups in total. The molecule has 0 saturated heterocycles. The van der Waals surface area contributed by atoms with Gasteiger partial charge < -0.3 is 14.4 Å². The first kappa shape index (κ1) is 12.6. The lowest BCUT2D eigenvalue weighted by Crippen LogP contribution is -2.11. The van der Waals surface area contributed by atoms with Gasteiger partial charge in [0.1, 0.15) is 11.6 Å². The minimum absolute atomic E-state index is 0.0582. The number of carbonyl (C=O) groups is 1. The molecule has 6 heteroatoms. The van der Waals surface area contributed by atoms with E-state index in [0.29, 0.717) is 5.69 Å². The standard InChI is InChI=1S/C11H11N3O3/c1-3-17-11(16)9-10(15)7(6-13)8(4-5-12)14(9)2/h15H,3-4H2,1-2H3. The van der Waals surface area contributed by atoms with Crippen molar-refractivity contribution in [1.29, 1.82) is 10.5 Å². The van der Waals surface area contributed by atoms with Gasteiger partial charge in [-0.05, 0) is 6.92 Å². The summed E-state index contributed by atoms with van der Waals surface area (Å²) >= 11 is 0. The quantitative estimate of drug-likeness (QED) is 0.780. The van der Waals surface area contributed by atoms with Gasteiger partial charge in [0.15, 0.2) is 11.4 Å². The second kappa shape index (κ2) is 5.04. The molecule has 0 spiro atoms. The van der Waals surface area contributed by atoms with Crippen LogP contribution in [0.2, 0.25) is 0 Å². The molecule has 0 saturated carbocycles. The molecule has 0 aliphatic rings. The van der Waals surface area contributed by atoms with E-state index < -0.39 is 11.7 Å². The number of carbonyl (C=O) groups excluding carboxylic acids is 1. The van der Waals surface area contributed by atoms with Crippen LogP contribution in [0, 0.1) is 22.7 Å². The maximum Gasteiger partial charge on any atom is 0.358 e. The van der Waals surface area contributed by atoms with E-state index in [2.05, 4.69) is 0 Å². The van der Waals surface area contributed by atoms with E-state index in [4.69, 9.17) is 15.3 Å². The number of nitriles is 2. The number of hydrogen-bond donors (Lipinski definition) is 1. The Labute approximate surface area is 98.3 Å². The molecular weight excluding hydrogens is 222 g/mol. The molecule has 1 aromatic heterocycles. The van der Waals surface area contributed by atoms with Crippen molar-refractivity contribution in [2.75, 3.05) is 6.61 Å². The molecule has 1 heterocycles. The van der Waals surface area contributed by atoms with Gasteiger partial charge in [-0.2, -0.15) is 10.5 Å². The molecule has 88 valence electrons. The third kappa shape index (κ3) is 2.06. The van der Waals surface area contributed by atoms with Gasteiger partial charge in [-0.15, -0.1) is 0 Å². The molecule has 0 aliphatic heterocycles. The molecule has 0 aliphatic carbocycles. The number of aromatic hydroxyl groups is 1. The van der Waals surface area contributed by atoms with Crippen LogP contribution in [-0.4, -0.2) is 22.2 Å². The minimum Gasteiger partial charge on any atom is -0.504 e. The molecule has 0 bridgehead atoms. The summed E-state index contributed by atoms with van der Waals surface area (Å²) in [5.74, 6) is -1.15. The van der Waals surface area contributed by atoms with E-state index in [9.17, 15) is 9.90 Å². The zero-order valence-corrected chi connectivity index (χ0v) is 9.52. The predicted molar refractivity (Wildman–Crippen MR) is 57.1 cm³/mol. The molecule has 6 nitrogen and oxygen atoms in total. The van der Waals surface area contributed by atoms with Crippen molar-refractivity contribution >= 4 is 5.97 Å². The van der Waals surface area contributed by atoms with Gasteiger partial charge in [0.05, 0.1) is 24.8 Å². The first-order valence-electron chi connectivity index (χ1n) is 4.93. The minimum atomic E-state index is -0.715. The van der Waals surface area contributed by atoms with Crippen molar-refractivity contribution in [1.82, 2.24) is 4.57 Å². The van der Waals surface area contributed by atoms with Crippen LogP contribution in [0.25, 0.3) is 0 Å². The van der Waals surface area contributed by atoms with Crippen molar-refractivity contribution in [2.45, 2.75) is 13.3 Å². The van der Waals surface area contributed by atoms with Crippen LogP contribution in [-0.2, 0) is 18.2 Å². The van der Waals surface area contributed by atoms with Gasteiger partial charge in [-0.1, -0.05) is 0 Å². The third-order valence-electron chi connectivity index (χ3n) is 2.32. The lowest BCUT2D eigenvalue weighted by Gasteiger charge is -2.04. The Kier molecular flexibility index (Phi) is 3.74. The fourth-order valence-electron chi connectivity index (χ4n) is 1.55. The molecule has 0 unspecified atom stereocenters. The lowest BCUT2D eigenvalue weighted by molar-refractivity contribution is 0.0511. The van der Waals surface area contributed by atoms with Gasteiger partial charge in [-0.25, -0.2) is 4.79 Å². The molecule has 1 aromatic rings. The average molecular weight is 233 g/mol. The molecular formula is C11H11N3O3. The van der Waals surface area contributed by atoms with Gasteiger partial charge in [0, 0.05) is 7.05 Å². The smallest absolute Gasteiger partial charge is 0.358 e. The summed E-state index contributed by atoms with van der Waals surface area (Å²) < 4.78 is 6.08. The summed E-state index contributed by atoms with van der Waals surface area (Å²) in [7, 11) is 1.50. The van der Waals surface area contributed by atoms with Crippen molar-refractivity contribution < 1.29 is 14.6 Å². The Morgan fingerprint density at radius 3 is 2.65 bits per heavy atom. The van der Waals surface area contributed by atoms with E-state index in [0.717, 1.165) is 0 Å². The van der Waals surface area contributed by atoms with Crippen molar-refractivity contribution in [2.24, 2.45) is 7.05 Å². The van der Waals surface area contributed by atoms with Crippen LogP contribution < -0.4 is 0 Å². The van der Waals surface area contributed by atoms with Crippen LogP contribution >= 0.6 is 0 Å². The number of hydrogen-bond acceptors (Lipinski definition) is 5. The summed E-state index contributed by atoms with van der Waals surface area (Å²) in [5, 5.41) is 27.3. The normalized spacial score (nSPS) is 9.41. The molecule has 17 heavy (non-hydrogen) atoms. The Balaban J connectivity index is 3.39. The number of aromatic nitrogens is 1. The van der Waals surface area contributed by atoms with E-state index in [1.54, 1.807) is 13.0 Å². The van der Waals surface area contributed by atoms with Crippen molar-refractivity contribution in [3.05, 3.63) is 17.0 Å². The highest BCUT2D eigenvalue weighted by Gasteiger charge is 2.25. The summed E-state index contributed by atoms with van der Waals surface area (Å²) in [6.07, 6.45) is -0.0631. The second-order valence-corrected chi connectivity index (χ2v) is 3.25. The molecule has 1 rings (SSSR count). The van der Waals surface area contributed by atoms with E-state index in [1.165, 1.54) is 11.6 Å². The van der Waals surface area contributed by atoms with Crippen LogP contribution in [0.3, 0.4) is 0 Å². The summed E-state index contributed by atoms with van der Waals surface area (Å²) in [5.41, 5.74) is 0.140. The fourth-order valence-corrected chi connectivity index (χ4v) is 1.55. The third-order valence-corrected chi connectivity index (χ3v) is 2.32. The summed E-state index contributed by atoms with van der Waals surface area (Å²) in [6, 6.07) is 3.65. The Hall–Kier alpha value is -2.47. The second-order valence-electron chi connectivity index (χ2n) is 3.25. The van der Waals surface area contributed by atoms with E-state index in [-0.39, 0.29) is 24.3 Å². The SMILES string of the molecule is CCOC(=O)c1c(O)c(C#N)c(CC#N)n1C. The van der Waals surface area contributed by atoms with Gasteiger partial charge in [0.25, 0.3) is 0 Å². The zero-order chi connectivity index (χ0) is 13.0. The predicted octanol–water partition coefficient (Wildman–Crippen LogP) is 0.845. The lowest BCUT2D eigenvalue weighted by atomic mass is 10.2. The van der Waals surface area contributed by atoms with Crippen LogP contribution in [0.5, 0.6) is 5.75 Å². The van der Waals surface area contributed by atoms with Gasteiger partial charge >= 0.3 is 5.97 Å². The average Bonchev–Trinajstić information content (AvgIpc) is 2.51. The monoisotopic (exact) mass is 233 g/mol. The maximum absolute atomic E-state index is 11.6. The molecule has 0 aromatic carbocycles. The first-order chi connectivity index (χ1) is 8.08. The zero-order valence-electron chi connectivity index (χ0n) is 9.52. The topological polar surface area (TPSA) is 99.0 Å². The molecule has 0 radical (unpaired) electrons. The number of rotatable bonds is 3. The highest BCUT2D eigenvalue weighted by atomic mass is 16.5. The molecule has 0 atom stereocenters. The number of esters is 1. The number of ether oxygens (including phenoxy) is 1. The highest BCUT2D eigenvalue weighted by molar-refractivity contribution is 5.92. The van der Waals surface area contributed by atoms with Crippen molar-refractivity contribution in [3.8, 4) is 17.9 Å². The largest absolute Gasteiger partial charge is 0.504 e. The van der Waals surface area contributed by atoms with Crippen LogP contribution in [0.1, 0.15) is 28.7 Å². The maximum atomic E-state index is 11.6. The summed E-state index contributed by atoms with van der Waals surface area (Å²) in [4.78, 5) is 11.6. The van der Waals surface area contributed by atoms with Gasteiger partial charge in [0.2, 0.25) is 0 Å². The molecule has 0 amide bonds.